The van der Waals surface area contributed by atoms with E-state index in [1.165, 1.54) is 6.07 Å². The highest BCUT2D eigenvalue weighted by Gasteiger charge is 2.21. The van der Waals surface area contributed by atoms with E-state index in [-0.39, 0.29) is 21.4 Å². The molecule has 0 saturated carbocycles. The molecule has 1 aromatic carbocycles. The molecule has 21 heavy (non-hydrogen) atoms. The Morgan fingerprint density at radius 3 is 2.43 bits per heavy atom. The highest BCUT2D eigenvalue weighted by Crippen LogP contribution is 2.29. The van der Waals surface area contributed by atoms with Gasteiger partial charge in [-0.05, 0) is 31.0 Å². The Morgan fingerprint density at radius 2 is 1.90 bits per heavy atom. The van der Waals surface area contributed by atoms with Gasteiger partial charge in [0.25, 0.3) is 15.0 Å². The summed E-state index contributed by atoms with van der Waals surface area (Å²) in [6, 6.07) is 2.81. The second kappa shape index (κ2) is 7.47. The van der Waals surface area contributed by atoms with Crippen molar-refractivity contribution in [2.75, 3.05) is 13.6 Å². The predicted octanol–water partition coefficient (Wildman–Crippen LogP) is 3.84. The maximum absolute atomic E-state index is 12.3. The van der Waals surface area contributed by atoms with Crippen LogP contribution in [0.25, 0.3) is 0 Å². The van der Waals surface area contributed by atoms with Crippen LogP contribution in [-0.4, -0.2) is 32.8 Å². The molecule has 118 valence electrons. The third-order valence-electron chi connectivity index (χ3n) is 3.17. The number of benzene rings is 1. The maximum atomic E-state index is 12.3. The topological polar surface area (TPSA) is 54.5 Å². The van der Waals surface area contributed by atoms with Crippen molar-refractivity contribution < 1.29 is 13.2 Å². The number of carbonyl (C=O) groups excluding carboxylic acids is 1. The van der Waals surface area contributed by atoms with Crippen molar-refractivity contribution in [1.82, 2.24) is 4.90 Å². The molecule has 1 amide bonds. The Labute approximate surface area is 135 Å². The van der Waals surface area contributed by atoms with Crippen LogP contribution < -0.4 is 0 Å². The van der Waals surface area contributed by atoms with Crippen molar-refractivity contribution in [3.05, 3.63) is 28.3 Å². The second-order valence-electron chi connectivity index (χ2n) is 4.98. The Bertz CT molecular complexity index is 629. The monoisotopic (exact) mass is 351 g/mol. The summed E-state index contributed by atoms with van der Waals surface area (Å²) in [6.45, 7) is 4.35. The molecule has 0 heterocycles. The molecule has 4 nitrogen and oxygen atoms in total. The standard InChI is InChI=1S/C14H19Cl2NO3S/c1-4-5-6-7-17(3)14(18)11-8-10(2)13(15)12(9-11)21(16,19)20/h8-9H,4-7H2,1-3H3. The lowest BCUT2D eigenvalue weighted by molar-refractivity contribution is 0.0792. The quantitative estimate of drug-likeness (QED) is 0.577. The van der Waals surface area contributed by atoms with Crippen molar-refractivity contribution in [3.63, 3.8) is 0 Å². The zero-order valence-electron chi connectivity index (χ0n) is 12.3. The summed E-state index contributed by atoms with van der Waals surface area (Å²) < 4.78 is 23.0. The number of hydrogen-bond donors (Lipinski definition) is 0. The Balaban J connectivity index is 3.09. The van der Waals surface area contributed by atoms with Gasteiger partial charge in [-0.1, -0.05) is 31.4 Å². The largest absolute Gasteiger partial charge is 0.342 e. The highest BCUT2D eigenvalue weighted by molar-refractivity contribution is 8.13. The normalized spacial score (nSPS) is 11.5. The van der Waals surface area contributed by atoms with Gasteiger partial charge in [0.1, 0.15) is 4.90 Å². The number of rotatable bonds is 6. The molecule has 0 saturated heterocycles. The molecular weight excluding hydrogens is 333 g/mol. The summed E-state index contributed by atoms with van der Waals surface area (Å²) in [6.07, 6.45) is 3.02. The fraction of sp³-hybridized carbons (Fsp3) is 0.500. The molecular formula is C14H19Cl2NO3S. The number of halogens is 2. The van der Waals surface area contributed by atoms with Crippen LogP contribution >= 0.6 is 22.3 Å². The summed E-state index contributed by atoms with van der Waals surface area (Å²) in [7, 11) is 3.06. The summed E-state index contributed by atoms with van der Waals surface area (Å²) in [5.74, 6) is -0.243. The third-order valence-corrected chi connectivity index (χ3v) is 5.13. The molecule has 1 aromatic rings. The highest BCUT2D eigenvalue weighted by atomic mass is 35.7. The Morgan fingerprint density at radius 1 is 1.29 bits per heavy atom. The number of unbranched alkanes of at least 4 members (excludes halogenated alkanes) is 2. The minimum atomic E-state index is -3.99. The van der Waals surface area contributed by atoms with Crippen LogP contribution in [0.1, 0.15) is 42.1 Å². The van der Waals surface area contributed by atoms with E-state index in [0.717, 1.165) is 19.3 Å². The van der Waals surface area contributed by atoms with Crippen LogP contribution in [-0.2, 0) is 9.05 Å². The number of hydrogen-bond acceptors (Lipinski definition) is 3. The van der Waals surface area contributed by atoms with Gasteiger partial charge in [0.15, 0.2) is 0 Å². The van der Waals surface area contributed by atoms with E-state index < -0.39 is 9.05 Å². The molecule has 0 spiro atoms. The lowest BCUT2D eigenvalue weighted by Crippen LogP contribution is -2.28. The van der Waals surface area contributed by atoms with Crippen molar-refractivity contribution in [3.8, 4) is 0 Å². The summed E-state index contributed by atoms with van der Waals surface area (Å²) in [5.41, 5.74) is 0.777. The van der Waals surface area contributed by atoms with Gasteiger partial charge in [-0.2, -0.15) is 0 Å². The molecule has 0 aromatic heterocycles. The molecule has 0 bridgehead atoms. The van der Waals surface area contributed by atoms with E-state index in [4.69, 9.17) is 22.3 Å². The minimum absolute atomic E-state index is 0.0511. The van der Waals surface area contributed by atoms with Gasteiger partial charge in [0.2, 0.25) is 0 Å². The minimum Gasteiger partial charge on any atom is -0.342 e. The fourth-order valence-electron chi connectivity index (χ4n) is 1.96. The average Bonchev–Trinajstić information content (AvgIpc) is 2.39. The zero-order chi connectivity index (χ0) is 16.2. The summed E-state index contributed by atoms with van der Waals surface area (Å²) in [5, 5.41) is 0.0511. The number of amides is 1. The smallest absolute Gasteiger partial charge is 0.262 e. The first-order valence-corrected chi connectivity index (χ1v) is 9.37. The average molecular weight is 352 g/mol. The van der Waals surface area contributed by atoms with Gasteiger partial charge in [0, 0.05) is 29.8 Å². The van der Waals surface area contributed by atoms with Gasteiger partial charge in [-0.3, -0.25) is 4.79 Å². The summed E-state index contributed by atoms with van der Waals surface area (Å²) in [4.78, 5) is 13.7. The van der Waals surface area contributed by atoms with E-state index >= 15 is 0 Å². The Hall–Kier alpha value is -0.780. The molecule has 7 heteroatoms. The van der Waals surface area contributed by atoms with Crippen molar-refractivity contribution in [2.24, 2.45) is 0 Å². The first-order valence-electron chi connectivity index (χ1n) is 6.68. The molecule has 0 aliphatic carbocycles. The van der Waals surface area contributed by atoms with Gasteiger partial charge in [0.05, 0.1) is 5.02 Å². The molecule has 0 fully saturated rings. The maximum Gasteiger partial charge on any atom is 0.262 e. The van der Waals surface area contributed by atoms with Gasteiger partial charge in [-0.15, -0.1) is 0 Å². The molecule has 0 aliphatic heterocycles. The third kappa shape index (κ3) is 4.87. The lowest BCUT2D eigenvalue weighted by Gasteiger charge is -2.18. The zero-order valence-corrected chi connectivity index (χ0v) is 14.6. The fourth-order valence-corrected chi connectivity index (χ4v) is 3.50. The van der Waals surface area contributed by atoms with Crippen molar-refractivity contribution in [1.29, 1.82) is 0 Å². The Kier molecular flexibility index (Phi) is 6.50. The number of aryl methyl sites for hydroxylation is 1. The van der Waals surface area contributed by atoms with E-state index in [2.05, 4.69) is 6.92 Å². The van der Waals surface area contributed by atoms with Crippen LogP contribution in [0.5, 0.6) is 0 Å². The molecule has 0 atom stereocenters. The molecule has 1 rings (SSSR count). The van der Waals surface area contributed by atoms with Crippen molar-refractivity contribution >= 4 is 37.2 Å². The molecule has 0 radical (unpaired) electrons. The molecule has 0 aliphatic rings. The van der Waals surface area contributed by atoms with E-state index in [0.29, 0.717) is 12.1 Å². The molecule has 0 unspecified atom stereocenters. The first-order chi connectivity index (χ1) is 9.68. The van der Waals surface area contributed by atoms with Crippen LogP contribution in [0.15, 0.2) is 17.0 Å². The van der Waals surface area contributed by atoms with Crippen LogP contribution in [0.3, 0.4) is 0 Å². The lowest BCUT2D eigenvalue weighted by atomic mass is 10.1. The van der Waals surface area contributed by atoms with Crippen LogP contribution in [0, 0.1) is 6.92 Å². The van der Waals surface area contributed by atoms with Gasteiger partial charge in [-0.25, -0.2) is 8.42 Å². The van der Waals surface area contributed by atoms with Crippen LogP contribution in [0.4, 0.5) is 0 Å². The van der Waals surface area contributed by atoms with E-state index in [9.17, 15) is 13.2 Å². The SMILES string of the molecule is CCCCCN(C)C(=O)c1cc(C)c(Cl)c(S(=O)(=O)Cl)c1. The molecule has 0 N–H and O–H groups in total. The summed E-state index contributed by atoms with van der Waals surface area (Å²) >= 11 is 5.95. The van der Waals surface area contributed by atoms with Gasteiger partial charge < -0.3 is 4.90 Å². The van der Waals surface area contributed by atoms with Crippen molar-refractivity contribution in [2.45, 2.75) is 38.0 Å². The number of carbonyl (C=O) groups is 1. The predicted molar refractivity (Wildman–Crippen MR) is 85.7 cm³/mol. The van der Waals surface area contributed by atoms with Crippen LogP contribution in [0.2, 0.25) is 5.02 Å². The number of nitrogens with zero attached hydrogens (tertiary/aromatic N) is 1. The van der Waals surface area contributed by atoms with E-state index in [1.54, 1.807) is 24.9 Å². The van der Waals surface area contributed by atoms with Gasteiger partial charge >= 0.3 is 0 Å². The van der Waals surface area contributed by atoms with E-state index in [1.807, 2.05) is 0 Å². The first kappa shape index (κ1) is 18.3. The second-order valence-corrected chi connectivity index (χ2v) is 7.89.